The second-order valence-corrected chi connectivity index (χ2v) is 4.90. The number of rotatable bonds is 4. The molecule has 1 aromatic rings. The number of carboxylic acids is 1. The van der Waals surface area contributed by atoms with Gasteiger partial charge in [0.1, 0.15) is 18.2 Å². The van der Waals surface area contributed by atoms with Crippen molar-refractivity contribution in [3.05, 3.63) is 28.5 Å². The molecule has 98 valence electrons. The molecule has 0 aromatic heterocycles. The molecule has 18 heavy (non-hydrogen) atoms. The van der Waals surface area contributed by atoms with Crippen LogP contribution in [0.15, 0.2) is 22.7 Å². The smallest absolute Gasteiger partial charge is 0.332 e. The Hall–Kier alpha value is -1.14. The zero-order chi connectivity index (χ0) is 13.1. The minimum absolute atomic E-state index is 0.233. The molecular formula is C12H12BrFO4. The summed E-state index contributed by atoms with van der Waals surface area (Å²) in [4.78, 5) is 10.7. The van der Waals surface area contributed by atoms with Gasteiger partial charge >= 0.3 is 5.97 Å². The third-order valence-electron chi connectivity index (χ3n) is 2.70. The van der Waals surface area contributed by atoms with E-state index in [1.54, 1.807) is 0 Å². The zero-order valence-electron chi connectivity index (χ0n) is 9.44. The standard InChI is InChI=1S/C12H12BrFO4/c13-9-5-7(14)1-3-10(9)17-6-8-2-4-11(18-8)12(15)16/h1,3,5,8,11H,2,4,6H2,(H,15,16). The lowest BCUT2D eigenvalue weighted by Crippen LogP contribution is -2.23. The Morgan fingerprint density at radius 2 is 2.33 bits per heavy atom. The molecule has 1 aliphatic heterocycles. The van der Waals surface area contributed by atoms with Crippen molar-refractivity contribution in [2.45, 2.75) is 25.0 Å². The van der Waals surface area contributed by atoms with E-state index in [0.717, 1.165) is 0 Å². The fraction of sp³-hybridized carbons (Fsp3) is 0.417. The van der Waals surface area contributed by atoms with Crippen molar-refractivity contribution in [1.82, 2.24) is 0 Å². The third kappa shape index (κ3) is 3.20. The number of carboxylic acid groups (broad SMARTS) is 1. The van der Waals surface area contributed by atoms with Gasteiger partial charge in [-0.15, -0.1) is 0 Å². The van der Waals surface area contributed by atoms with E-state index in [9.17, 15) is 9.18 Å². The van der Waals surface area contributed by atoms with Crippen LogP contribution in [0.4, 0.5) is 4.39 Å². The highest BCUT2D eigenvalue weighted by molar-refractivity contribution is 9.10. The summed E-state index contributed by atoms with van der Waals surface area (Å²) in [5, 5.41) is 8.78. The molecule has 0 spiro atoms. The molecule has 1 saturated heterocycles. The molecule has 0 radical (unpaired) electrons. The molecule has 2 unspecified atom stereocenters. The van der Waals surface area contributed by atoms with E-state index in [1.807, 2.05) is 0 Å². The first-order valence-corrected chi connectivity index (χ1v) is 6.31. The Morgan fingerprint density at radius 3 is 2.94 bits per heavy atom. The number of hydrogen-bond donors (Lipinski definition) is 1. The lowest BCUT2D eigenvalue weighted by Gasteiger charge is -2.13. The number of benzene rings is 1. The van der Waals surface area contributed by atoms with Gasteiger partial charge in [-0.1, -0.05) is 0 Å². The minimum Gasteiger partial charge on any atom is -0.490 e. The van der Waals surface area contributed by atoms with Gasteiger partial charge in [-0.05, 0) is 47.0 Å². The summed E-state index contributed by atoms with van der Waals surface area (Å²) in [7, 11) is 0. The normalized spacial score (nSPS) is 23.0. The fourth-order valence-corrected chi connectivity index (χ4v) is 2.25. The Balaban J connectivity index is 1.87. The minimum atomic E-state index is -0.944. The van der Waals surface area contributed by atoms with Gasteiger partial charge in [0.05, 0.1) is 10.6 Å². The number of carbonyl (C=O) groups is 1. The van der Waals surface area contributed by atoms with E-state index in [2.05, 4.69) is 15.9 Å². The van der Waals surface area contributed by atoms with E-state index in [-0.39, 0.29) is 18.5 Å². The zero-order valence-corrected chi connectivity index (χ0v) is 11.0. The van der Waals surface area contributed by atoms with Crippen LogP contribution in [-0.2, 0) is 9.53 Å². The number of hydrogen-bond acceptors (Lipinski definition) is 3. The van der Waals surface area contributed by atoms with Crippen LogP contribution in [0.25, 0.3) is 0 Å². The van der Waals surface area contributed by atoms with Crippen molar-refractivity contribution in [3.8, 4) is 5.75 Å². The van der Waals surface area contributed by atoms with E-state index in [0.29, 0.717) is 23.1 Å². The van der Waals surface area contributed by atoms with Crippen LogP contribution in [0.5, 0.6) is 5.75 Å². The van der Waals surface area contributed by atoms with E-state index < -0.39 is 12.1 Å². The molecule has 0 bridgehead atoms. The van der Waals surface area contributed by atoms with Crippen LogP contribution in [0, 0.1) is 5.82 Å². The van der Waals surface area contributed by atoms with E-state index in [4.69, 9.17) is 14.6 Å². The first kappa shape index (κ1) is 13.3. The Morgan fingerprint density at radius 1 is 1.56 bits per heavy atom. The molecular weight excluding hydrogens is 307 g/mol. The highest BCUT2D eigenvalue weighted by Crippen LogP contribution is 2.27. The molecule has 0 amide bonds. The summed E-state index contributed by atoms with van der Waals surface area (Å²) in [6, 6.07) is 4.13. The molecule has 0 saturated carbocycles. The predicted octanol–water partition coefficient (Wildman–Crippen LogP) is 2.60. The van der Waals surface area contributed by atoms with Crippen LogP contribution in [0.1, 0.15) is 12.8 Å². The van der Waals surface area contributed by atoms with Gasteiger partial charge < -0.3 is 14.6 Å². The highest BCUT2D eigenvalue weighted by Gasteiger charge is 2.30. The summed E-state index contributed by atoms with van der Waals surface area (Å²) < 4.78 is 24.1. The summed E-state index contributed by atoms with van der Waals surface area (Å²) in [6.07, 6.45) is 0.169. The topological polar surface area (TPSA) is 55.8 Å². The molecule has 1 aromatic carbocycles. The van der Waals surface area contributed by atoms with E-state index in [1.165, 1.54) is 18.2 Å². The van der Waals surface area contributed by atoms with Gasteiger partial charge in [0, 0.05) is 0 Å². The van der Waals surface area contributed by atoms with Gasteiger partial charge in [-0.3, -0.25) is 0 Å². The first-order chi connectivity index (χ1) is 8.56. The maximum Gasteiger partial charge on any atom is 0.332 e. The maximum atomic E-state index is 12.9. The van der Waals surface area contributed by atoms with Crippen molar-refractivity contribution >= 4 is 21.9 Å². The summed E-state index contributed by atoms with van der Waals surface area (Å²) in [5.74, 6) is -0.781. The summed E-state index contributed by atoms with van der Waals surface area (Å²) >= 11 is 3.19. The Kier molecular flexibility index (Phi) is 4.19. The maximum absolute atomic E-state index is 12.9. The molecule has 1 N–H and O–H groups in total. The molecule has 1 fully saturated rings. The first-order valence-electron chi connectivity index (χ1n) is 5.52. The van der Waals surface area contributed by atoms with Gasteiger partial charge in [-0.2, -0.15) is 0 Å². The van der Waals surface area contributed by atoms with Crippen molar-refractivity contribution in [3.63, 3.8) is 0 Å². The number of ether oxygens (including phenoxy) is 2. The molecule has 6 heteroatoms. The van der Waals surface area contributed by atoms with Crippen LogP contribution >= 0.6 is 15.9 Å². The highest BCUT2D eigenvalue weighted by atomic mass is 79.9. The fourth-order valence-electron chi connectivity index (χ4n) is 1.78. The lowest BCUT2D eigenvalue weighted by molar-refractivity contribution is -0.149. The quantitative estimate of drug-likeness (QED) is 0.927. The van der Waals surface area contributed by atoms with Gasteiger partial charge in [0.15, 0.2) is 6.10 Å². The second-order valence-electron chi connectivity index (χ2n) is 4.05. The van der Waals surface area contributed by atoms with Crippen molar-refractivity contribution in [2.75, 3.05) is 6.61 Å². The van der Waals surface area contributed by atoms with Crippen molar-refractivity contribution in [1.29, 1.82) is 0 Å². The SMILES string of the molecule is O=C(O)C1CCC(COc2ccc(F)cc2Br)O1. The van der Waals surface area contributed by atoms with Crippen molar-refractivity contribution < 1.29 is 23.8 Å². The third-order valence-corrected chi connectivity index (χ3v) is 3.32. The molecule has 2 atom stereocenters. The average Bonchev–Trinajstić information content (AvgIpc) is 2.76. The largest absolute Gasteiger partial charge is 0.490 e. The summed E-state index contributed by atoms with van der Waals surface area (Å²) in [5.41, 5.74) is 0. The number of halogens is 2. The van der Waals surface area contributed by atoms with Crippen LogP contribution < -0.4 is 4.74 Å². The molecule has 1 aliphatic rings. The summed E-state index contributed by atoms with van der Waals surface area (Å²) in [6.45, 7) is 0.258. The lowest BCUT2D eigenvalue weighted by atomic mass is 10.2. The molecule has 2 rings (SSSR count). The number of aliphatic carboxylic acids is 1. The Bertz CT molecular complexity index is 452. The Labute approximate surface area is 112 Å². The second kappa shape index (κ2) is 5.67. The monoisotopic (exact) mass is 318 g/mol. The van der Waals surface area contributed by atoms with Crippen LogP contribution in [0.3, 0.4) is 0 Å². The average molecular weight is 319 g/mol. The van der Waals surface area contributed by atoms with Crippen LogP contribution in [-0.4, -0.2) is 29.9 Å². The predicted molar refractivity (Wildman–Crippen MR) is 65.1 cm³/mol. The van der Waals surface area contributed by atoms with Gasteiger partial charge in [-0.25, -0.2) is 9.18 Å². The van der Waals surface area contributed by atoms with Gasteiger partial charge in [0.25, 0.3) is 0 Å². The van der Waals surface area contributed by atoms with Gasteiger partial charge in [0.2, 0.25) is 0 Å². The van der Waals surface area contributed by atoms with Crippen LogP contribution in [0.2, 0.25) is 0 Å². The van der Waals surface area contributed by atoms with E-state index >= 15 is 0 Å². The van der Waals surface area contributed by atoms with Crippen molar-refractivity contribution in [2.24, 2.45) is 0 Å². The molecule has 4 nitrogen and oxygen atoms in total. The molecule has 1 heterocycles. The molecule has 0 aliphatic carbocycles.